The summed E-state index contributed by atoms with van der Waals surface area (Å²) in [5.74, 6) is -2.43. The van der Waals surface area contributed by atoms with E-state index < -0.39 is 17.8 Å². The van der Waals surface area contributed by atoms with Gasteiger partial charge in [0.25, 0.3) is 11.8 Å². The molecule has 0 aliphatic carbocycles. The fourth-order valence-corrected chi connectivity index (χ4v) is 8.37. The van der Waals surface area contributed by atoms with Crippen molar-refractivity contribution in [1.29, 1.82) is 0 Å². The zero-order chi connectivity index (χ0) is 52.4. The molecule has 0 saturated carbocycles. The van der Waals surface area contributed by atoms with Crippen molar-refractivity contribution >= 4 is 52.8 Å². The predicted molar refractivity (Wildman–Crippen MR) is 279 cm³/mol. The minimum absolute atomic E-state index is 0.0516. The van der Waals surface area contributed by atoms with Crippen LogP contribution in [-0.4, -0.2) is 146 Å². The van der Waals surface area contributed by atoms with Crippen molar-refractivity contribution < 1.29 is 53.2 Å². The number of aliphatic carboxylic acids is 1. The topological polar surface area (TPSA) is 229 Å². The minimum Gasteiger partial charge on any atom is -0.481 e. The summed E-state index contributed by atoms with van der Waals surface area (Å²) in [4.78, 5) is 86.3. The van der Waals surface area contributed by atoms with Crippen molar-refractivity contribution in [2.75, 3.05) is 94.9 Å². The summed E-state index contributed by atoms with van der Waals surface area (Å²) >= 11 is 0. The monoisotopic (exact) mass is 1010 g/mol. The zero-order valence-electron chi connectivity index (χ0n) is 42.6. The van der Waals surface area contributed by atoms with E-state index in [1.165, 1.54) is 0 Å². The molecule has 18 heteroatoms. The Hall–Kier alpha value is -6.73. The molecule has 4 amide bonds. The van der Waals surface area contributed by atoms with E-state index >= 15 is 0 Å². The van der Waals surface area contributed by atoms with E-state index in [9.17, 15) is 33.9 Å². The number of ether oxygens (including phenoxy) is 3. The molecule has 2 heterocycles. The van der Waals surface area contributed by atoms with Gasteiger partial charge in [-0.1, -0.05) is 50.2 Å². The third kappa shape index (κ3) is 20.0. The quantitative estimate of drug-likeness (QED) is 0.0313. The van der Waals surface area contributed by atoms with Gasteiger partial charge in [0.05, 0.1) is 57.3 Å². The van der Waals surface area contributed by atoms with E-state index in [0.29, 0.717) is 76.3 Å². The lowest BCUT2D eigenvalue weighted by molar-refractivity contribution is -0.138. The molecule has 1 fully saturated rings. The molecule has 4 aromatic rings. The van der Waals surface area contributed by atoms with E-state index in [4.69, 9.17) is 24.3 Å². The summed E-state index contributed by atoms with van der Waals surface area (Å²) in [6, 6.07) is 25.6. The predicted octanol–water partition coefficient (Wildman–Crippen LogP) is 6.93. The minimum atomic E-state index is -0.959. The molecule has 0 unspecified atom stereocenters. The van der Waals surface area contributed by atoms with Gasteiger partial charge in [-0.2, -0.15) is 0 Å². The van der Waals surface area contributed by atoms with Crippen LogP contribution in [0, 0.1) is 0 Å². The van der Waals surface area contributed by atoms with Crippen LogP contribution in [0.1, 0.15) is 113 Å². The van der Waals surface area contributed by atoms with Crippen LogP contribution in [0.25, 0.3) is 0 Å². The molecule has 3 aromatic carbocycles. The van der Waals surface area contributed by atoms with Crippen LogP contribution in [0.3, 0.4) is 0 Å². The molecule has 0 atom stereocenters. The normalized spacial score (nSPS) is 12.4. The molecule has 0 bridgehead atoms. The van der Waals surface area contributed by atoms with Crippen molar-refractivity contribution in [3.05, 3.63) is 118 Å². The highest BCUT2D eigenvalue weighted by Gasteiger charge is 2.23. The second kappa shape index (κ2) is 31.0. The Morgan fingerprint density at radius 2 is 1.32 bits per heavy atom. The van der Waals surface area contributed by atoms with Gasteiger partial charge in [0.2, 0.25) is 11.8 Å². The van der Waals surface area contributed by atoms with Gasteiger partial charge in [0, 0.05) is 76.5 Å². The standard InChI is InChI=1S/C55H73N7O11/c1-4-46(5-2)62(31-30-60(3)50(64)25-24-49(63)56-27-33-72-35-37-73-36-34-71-32-26-51(65)66)39-42-10-9-11-44(38-42)53(67)58-47-22-23-48(61-28-7-6-8-29-61)59-52(47)54(68)57-45-20-16-41(17-21-45)13-12-40-14-18-43(19-15-40)55(69)70/h9-11,14-23,38,46H,4-8,12-13,24-37,39H2,1-3H3,(H,56,63)(H,57,68)(H,58,67)(H,65,66)(H,69,70). The van der Waals surface area contributed by atoms with E-state index in [-0.39, 0.29) is 66.6 Å². The molecule has 1 aliphatic rings. The molecule has 5 N–H and O–H groups in total. The first-order valence-corrected chi connectivity index (χ1v) is 25.4. The lowest BCUT2D eigenvalue weighted by atomic mass is 10.0. The Morgan fingerprint density at radius 1 is 0.671 bits per heavy atom. The third-order valence-corrected chi connectivity index (χ3v) is 12.7. The first-order chi connectivity index (χ1) is 35.3. The number of hydrogen-bond acceptors (Lipinski definition) is 12. The summed E-state index contributed by atoms with van der Waals surface area (Å²) in [6.45, 7) is 9.49. The van der Waals surface area contributed by atoms with Gasteiger partial charge in [-0.15, -0.1) is 0 Å². The molecule has 0 spiro atoms. The number of carboxylic acids is 2. The number of amides is 4. The molecule has 394 valence electrons. The van der Waals surface area contributed by atoms with E-state index in [2.05, 4.69) is 39.6 Å². The molecular weight excluding hydrogens is 935 g/mol. The number of pyridine rings is 1. The van der Waals surface area contributed by atoms with Crippen LogP contribution in [0.4, 0.5) is 17.2 Å². The van der Waals surface area contributed by atoms with Crippen molar-refractivity contribution in [1.82, 2.24) is 20.1 Å². The lowest BCUT2D eigenvalue weighted by Gasteiger charge is -2.32. The maximum Gasteiger partial charge on any atom is 0.335 e. The van der Waals surface area contributed by atoms with E-state index in [1.807, 2.05) is 60.7 Å². The van der Waals surface area contributed by atoms with Gasteiger partial charge in [0.15, 0.2) is 5.69 Å². The van der Waals surface area contributed by atoms with Gasteiger partial charge in [0.1, 0.15) is 5.82 Å². The summed E-state index contributed by atoms with van der Waals surface area (Å²) in [6.07, 6.45) is 6.49. The third-order valence-electron chi connectivity index (χ3n) is 12.7. The molecule has 73 heavy (non-hydrogen) atoms. The number of nitrogens with one attached hydrogen (secondary N) is 3. The van der Waals surface area contributed by atoms with Crippen LogP contribution in [-0.2, 0) is 48.0 Å². The van der Waals surface area contributed by atoms with Gasteiger partial charge in [-0.25, -0.2) is 9.78 Å². The number of carbonyl (C=O) groups is 6. The second-order valence-electron chi connectivity index (χ2n) is 18.0. The van der Waals surface area contributed by atoms with Crippen LogP contribution >= 0.6 is 0 Å². The van der Waals surface area contributed by atoms with E-state index in [1.54, 1.807) is 36.2 Å². The fraction of sp³-hybridized carbons (Fsp3) is 0.473. The van der Waals surface area contributed by atoms with Crippen molar-refractivity contribution in [3.63, 3.8) is 0 Å². The van der Waals surface area contributed by atoms with Gasteiger partial charge >= 0.3 is 11.9 Å². The Bertz CT molecular complexity index is 2390. The number of aryl methyl sites for hydroxylation is 2. The first kappa shape index (κ1) is 57.2. The number of aromatic nitrogens is 1. The number of aromatic carboxylic acids is 1. The van der Waals surface area contributed by atoms with Crippen molar-refractivity contribution in [2.24, 2.45) is 0 Å². The average molecular weight is 1010 g/mol. The maximum absolute atomic E-state index is 14.0. The zero-order valence-corrected chi connectivity index (χ0v) is 42.6. The van der Waals surface area contributed by atoms with E-state index in [0.717, 1.165) is 74.7 Å². The number of rotatable bonds is 32. The Balaban J connectivity index is 1.12. The average Bonchev–Trinajstić information content (AvgIpc) is 3.40. The Kier molecular flexibility index (Phi) is 24.3. The summed E-state index contributed by atoms with van der Waals surface area (Å²) in [5.41, 5.74) is 4.61. The number of likely N-dealkylation sites (N-methyl/N-ethyl adjacent to an activating group) is 1. The highest BCUT2D eigenvalue weighted by Crippen LogP contribution is 2.25. The van der Waals surface area contributed by atoms with Crippen LogP contribution in [0.2, 0.25) is 0 Å². The number of anilines is 3. The number of piperidine rings is 1. The summed E-state index contributed by atoms with van der Waals surface area (Å²) in [7, 11) is 1.74. The first-order valence-electron chi connectivity index (χ1n) is 25.4. The number of hydrogen-bond donors (Lipinski definition) is 5. The van der Waals surface area contributed by atoms with Crippen molar-refractivity contribution in [2.45, 2.75) is 90.6 Å². The van der Waals surface area contributed by atoms with Gasteiger partial charge in [-0.3, -0.25) is 28.9 Å². The largest absolute Gasteiger partial charge is 0.481 e. The Morgan fingerprint density at radius 3 is 1.96 bits per heavy atom. The second-order valence-corrected chi connectivity index (χ2v) is 18.0. The highest BCUT2D eigenvalue weighted by atomic mass is 16.5. The Labute approximate surface area is 428 Å². The number of nitrogens with zero attached hydrogens (tertiary/aromatic N) is 4. The lowest BCUT2D eigenvalue weighted by Crippen LogP contribution is -2.41. The molecule has 5 rings (SSSR count). The van der Waals surface area contributed by atoms with Crippen LogP contribution < -0.4 is 20.9 Å². The number of carboxylic acid groups (broad SMARTS) is 2. The molecule has 18 nitrogen and oxygen atoms in total. The molecule has 0 radical (unpaired) electrons. The SMILES string of the molecule is CCC(CC)N(CCN(C)C(=O)CCC(=O)NCCOCCOCCOCCC(=O)O)Cc1cccc(C(=O)Nc2ccc(N3CCCCC3)nc2C(=O)Nc2ccc(CCc3ccc(C(=O)O)cc3)cc2)c1. The van der Waals surface area contributed by atoms with Gasteiger partial charge in [-0.05, 0) is 110 Å². The fourth-order valence-electron chi connectivity index (χ4n) is 8.37. The smallest absolute Gasteiger partial charge is 0.335 e. The van der Waals surface area contributed by atoms with Crippen molar-refractivity contribution in [3.8, 4) is 0 Å². The van der Waals surface area contributed by atoms with Gasteiger partial charge < -0.3 is 50.2 Å². The molecule has 1 aromatic heterocycles. The number of carbonyl (C=O) groups excluding carboxylic acids is 4. The van der Waals surface area contributed by atoms with Crippen LogP contribution in [0.5, 0.6) is 0 Å². The molecule has 1 saturated heterocycles. The number of benzene rings is 3. The summed E-state index contributed by atoms with van der Waals surface area (Å²) in [5, 5.41) is 26.5. The van der Waals surface area contributed by atoms with Crippen LogP contribution in [0.15, 0.2) is 84.9 Å². The summed E-state index contributed by atoms with van der Waals surface area (Å²) < 4.78 is 16.0. The maximum atomic E-state index is 14.0. The molecular formula is C55H73N7O11. The highest BCUT2D eigenvalue weighted by molar-refractivity contribution is 6.11. The molecule has 1 aliphatic heterocycles.